The minimum absolute atomic E-state index is 0.0820. The van der Waals surface area contributed by atoms with Crippen molar-refractivity contribution in [3.05, 3.63) is 48.0 Å². The second kappa shape index (κ2) is 10.9. The summed E-state index contributed by atoms with van der Waals surface area (Å²) in [5.74, 6) is 0.462. The number of carbonyl (C=O) groups is 1. The van der Waals surface area contributed by atoms with Crippen LogP contribution in [0.1, 0.15) is 6.42 Å². The molecule has 40 heavy (non-hydrogen) atoms. The number of H-pyrrole nitrogens is 1. The van der Waals surface area contributed by atoms with Crippen molar-refractivity contribution in [2.75, 3.05) is 57.8 Å². The number of rotatable bonds is 7. The molecule has 2 saturated heterocycles. The molecule has 0 radical (unpaired) electrons. The Kier molecular flexibility index (Phi) is 7.11. The number of nitrogens with one attached hydrogen (secondary N) is 1. The highest BCUT2D eigenvalue weighted by molar-refractivity contribution is 6.33. The summed E-state index contributed by atoms with van der Waals surface area (Å²) in [5, 5.41) is 7.72. The van der Waals surface area contributed by atoms with Crippen molar-refractivity contribution in [3.63, 3.8) is 0 Å². The summed E-state index contributed by atoms with van der Waals surface area (Å²) in [5.41, 5.74) is 0.831. The Morgan fingerprint density at radius 3 is 2.83 bits per heavy atom. The van der Waals surface area contributed by atoms with Crippen molar-refractivity contribution >= 4 is 45.1 Å². The number of hydrogen-bond donors (Lipinski definition) is 1. The number of anilines is 1. The number of aromatic amines is 1. The molecule has 13 heteroatoms. The summed E-state index contributed by atoms with van der Waals surface area (Å²) in [6.45, 7) is 8.18. The molecular weight excluding hydrogens is 539 g/mol. The van der Waals surface area contributed by atoms with Gasteiger partial charge in [-0.1, -0.05) is 18.2 Å². The predicted molar refractivity (Wildman–Crippen MR) is 149 cm³/mol. The zero-order chi connectivity index (χ0) is 27.8. The predicted octanol–water partition coefficient (Wildman–Crippen LogP) is 3.65. The molecule has 6 rings (SSSR count). The van der Waals surface area contributed by atoms with Crippen molar-refractivity contribution < 1.29 is 18.7 Å². The number of nitrogens with zero attached hydrogens (tertiary/aromatic N) is 7. The van der Waals surface area contributed by atoms with Crippen LogP contribution in [0.25, 0.3) is 21.8 Å². The Hall–Kier alpha value is -4.03. The number of carbonyl (C=O) groups excluding carboxylic acids is 1. The fourth-order valence-corrected chi connectivity index (χ4v) is 5.39. The van der Waals surface area contributed by atoms with E-state index in [-0.39, 0.29) is 28.6 Å². The van der Waals surface area contributed by atoms with Gasteiger partial charge >= 0.3 is 6.01 Å². The molecule has 0 spiro atoms. The number of piperazine rings is 1. The number of hydrogen-bond acceptors (Lipinski definition) is 9. The monoisotopic (exact) mass is 566 g/mol. The van der Waals surface area contributed by atoms with Gasteiger partial charge in [-0.05, 0) is 32.2 Å². The molecular formula is C27H28ClFN8O3. The molecule has 1 amide bonds. The average Bonchev–Trinajstić information content (AvgIpc) is 3.62. The normalized spacial score (nSPS) is 18.0. The zero-order valence-corrected chi connectivity index (χ0v) is 22.7. The minimum atomic E-state index is -0.651. The standard InChI is InChI=1S/C27H28ClFN8O3/c1-3-21(38)36-8-10-37(11-9-36)25-17-4-6-30-26(40-24-18-13-31-34-20(18)12-19(29)22(24)28)23(17)32-27(33-25)39-15-16-5-7-35(2)14-16/h3-4,6,12-13,16H,1,5,7-11,14-15H2,2H3,(H,31,34). The number of aromatic nitrogens is 5. The Bertz CT molecular complexity index is 1590. The summed E-state index contributed by atoms with van der Waals surface area (Å²) in [4.78, 5) is 32.1. The van der Waals surface area contributed by atoms with Crippen LogP contribution in [0.2, 0.25) is 5.02 Å². The van der Waals surface area contributed by atoms with Crippen LogP contribution < -0.4 is 14.4 Å². The molecule has 208 valence electrons. The van der Waals surface area contributed by atoms with Gasteiger partial charge in [0.25, 0.3) is 0 Å². The van der Waals surface area contributed by atoms with Crippen LogP contribution in [0, 0.1) is 11.7 Å². The summed E-state index contributed by atoms with van der Waals surface area (Å²) in [6, 6.07) is 3.25. The first kappa shape index (κ1) is 26.2. The lowest BCUT2D eigenvalue weighted by molar-refractivity contribution is -0.126. The van der Waals surface area contributed by atoms with Crippen molar-refractivity contribution in [1.82, 2.24) is 34.9 Å². The number of fused-ring (bicyclic) bond motifs is 2. The number of pyridine rings is 1. The maximum absolute atomic E-state index is 14.6. The van der Waals surface area contributed by atoms with E-state index < -0.39 is 5.82 Å². The quantitative estimate of drug-likeness (QED) is 0.335. The van der Waals surface area contributed by atoms with Gasteiger partial charge in [0.1, 0.15) is 22.2 Å². The molecule has 0 aliphatic carbocycles. The Morgan fingerprint density at radius 1 is 1.25 bits per heavy atom. The first-order chi connectivity index (χ1) is 19.4. The third kappa shape index (κ3) is 5.00. The Balaban J connectivity index is 1.39. The third-order valence-corrected chi connectivity index (χ3v) is 7.69. The number of likely N-dealkylation sites (tertiary alicyclic amines) is 1. The smallest absolute Gasteiger partial charge is 0.319 e. The van der Waals surface area contributed by atoms with Gasteiger partial charge in [0, 0.05) is 50.9 Å². The first-order valence-corrected chi connectivity index (χ1v) is 13.4. The van der Waals surface area contributed by atoms with Gasteiger partial charge in [0.05, 0.1) is 29.1 Å². The fourth-order valence-electron chi connectivity index (χ4n) is 5.20. The Morgan fingerprint density at radius 2 is 2.08 bits per heavy atom. The summed E-state index contributed by atoms with van der Waals surface area (Å²) < 4.78 is 26.9. The number of amides is 1. The first-order valence-electron chi connectivity index (χ1n) is 13.0. The van der Waals surface area contributed by atoms with E-state index in [9.17, 15) is 9.18 Å². The second-order valence-electron chi connectivity index (χ2n) is 10.0. The van der Waals surface area contributed by atoms with E-state index in [0.29, 0.717) is 66.3 Å². The summed E-state index contributed by atoms with van der Waals surface area (Å²) in [7, 11) is 2.09. The minimum Gasteiger partial charge on any atom is -0.463 e. The van der Waals surface area contributed by atoms with Crippen LogP contribution in [0.3, 0.4) is 0 Å². The number of benzene rings is 1. The second-order valence-corrected chi connectivity index (χ2v) is 10.4. The molecule has 2 aliphatic heterocycles. The van der Waals surface area contributed by atoms with Crippen molar-refractivity contribution in [3.8, 4) is 17.6 Å². The van der Waals surface area contributed by atoms with Gasteiger partial charge in [0.2, 0.25) is 11.8 Å². The lowest BCUT2D eigenvalue weighted by Crippen LogP contribution is -2.48. The molecule has 0 saturated carbocycles. The molecule has 11 nitrogen and oxygen atoms in total. The summed E-state index contributed by atoms with van der Waals surface area (Å²) >= 11 is 6.32. The molecule has 2 aliphatic rings. The van der Waals surface area contributed by atoms with Crippen molar-refractivity contribution in [1.29, 1.82) is 0 Å². The van der Waals surface area contributed by atoms with E-state index in [0.717, 1.165) is 19.5 Å². The lowest BCUT2D eigenvalue weighted by Gasteiger charge is -2.35. The topological polar surface area (TPSA) is 113 Å². The third-order valence-electron chi connectivity index (χ3n) is 7.34. The highest BCUT2D eigenvalue weighted by Crippen LogP contribution is 2.40. The average molecular weight is 567 g/mol. The van der Waals surface area contributed by atoms with E-state index >= 15 is 0 Å². The van der Waals surface area contributed by atoms with Gasteiger partial charge in [-0.15, -0.1) is 0 Å². The molecule has 1 aromatic carbocycles. The molecule has 2 fully saturated rings. The SMILES string of the molecule is C=CC(=O)N1CCN(c2nc(OCC3CCN(C)C3)nc3c(Oc4c(Cl)c(F)cc5[nH]ncc45)nccc23)CC1. The van der Waals surface area contributed by atoms with Crippen LogP contribution in [-0.4, -0.2) is 93.8 Å². The molecule has 0 bridgehead atoms. The van der Waals surface area contributed by atoms with Gasteiger partial charge in [-0.25, -0.2) is 9.37 Å². The van der Waals surface area contributed by atoms with Crippen LogP contribution in [0.5, 0.6) is 17.6 Å². The molecule has 4 aromatic rings. The molecule has 1 N–H and O–H groups in total. The zero-order valence-electron chi connectivity index (χ0n) is 21.9. The fraction of sp³-hybridized carbons (Fsp3) is 0.370. The van der Waals surface area contributed by atoms with Crippen LogP contribution in [0.4, 0.5) is 10.2 Å². The summed E-state index contributed by atoms with van der Waals surface area (Å²) in [6.07, 6.45) is 5.45. The molecule has 5 heterocycles. The van der Waals surface area contributed by atoms with E-state index in [1.807, 2.05) is 0 Å². The van der Waals surface area contributed by atoms with E-state index in [1.165, 1.54) is 18.3 Å². The van der Waals surface area contributed by atoms with Crippen LogP contribution >= 0.6 is 11.6 Å². The Labute approximate surface area is 234 Å². The molecule has 3 aromatic heterocycles. The number of halogens is 2. The highest BCUT2D eigenvalue weighted by atomic mass is 35.5. The molecule has 1 unspecified atom stereocenters. The number of ether oxygens (including phenoxy) is 2. The molecule has 1 atom stereocenters. The largest absolute Gasteiger partial charge is 0.463 e. The highest BCUT2D eigenvalue weighted by Gasteiger charge is 2.26. The van der Waals surface area contributed by atoms with Gasteiger partial charge < -0.3 is 24.2 Å². The van der Waals surface area contributed by atoms with Crippen molar-refractivity contribution in [2.45, 2.75) is 6.42 Å². The van der Waals surface area contributed by atoms with Crippen LogP contribution in [0.15, 0.2) is 37.2 Å². The maximum Gasteiger partial charge on any atom is 0.319 e. The van der Waals surface area contributed by atoms with E-state index in [1.54, 1.807) is 17.2 Å². The van der Waals surface area contributed by atoms with E-state index in [4.69, 9.17) is 26.1 Å². The lowest BCUT2D eigenvalue weighted by atomic mass is 10.1. The van der Waals surface area contributed by atoms with Gasteiger partial charge in [-0.2, -0.15) is 15.1 Å². The van der Waals surface area contributed by atoms with Crippen molar-refractivity contribution in [2.24, 2.45) is 5.92 Å². The van der Waals surface area contributed by atoms with E-state index in [2.05, 4.69) is 43.6 Å². The van der Waals surface area contributed by atoms with Crippen LogP contribution in [-0.2, 0) is 4.79 Å². The van der Waals surface area contributed by atoms with Gasteiger partial charge in [0.15, 0.2) is 5.75 Å². The van der Waals surface area contributed by atoms with Gasteiger partial charge in [-0.3, -0.25) is 9.89 Å². The maximum atomic E-state index is 14.6.